The smallest absolute Gasteiger partial charge is 0.248 e. The molecule has 0 aliphatic rings. The maximum atomic E-state index is 11.6. The summed E-state index contributed by atoms with van der Waals surface area (Å²) in [7, 11) is 0. The van der Waals surface area contributed by atoms with Gasteiger partial charge in [-0.1, -0.05) is 12.1 Å². The van der Waals surface area contributed by atoms with E-state index in [1.807, 2.05) is 0 Å². The van der Waals surface area contributed by atoms with Gasteiger partial charge in [0.05, 0.1) is 17.9 Å². The van der Waals surface area contributed by atoms with E-state index in [1.165, 1.54) is 12.2 Å². The summed E-state index contributed by atoms with van der Waals surface area (Å²) in [4.78, 5) is 37.3. The maximum absolute atomic E-state index is 11.6. The van der Waals surface area contributed by atoms with Crippen LogP contribution in [0.3, 0.4) is 0 Å². The summed E-state index contributed by atoms with van der Waals surface area (Å²) in [6, 6.07) is 5.10. The summed E-state index contributed by atoms with van der Waals surface area (Å²) in [6.45, 7) is 1.49. The minimum atomic E-state index is -0.519. The molecule has 6 heteroatoms. The number of aromatic nitrogens is 1. The number of carbonyl (C=O) groups excluding carboxylic acids is 3. The Kier molecular flexibility index (Phi) is 6.40. The molecule has 1 heterocycles. The molecule has 0 atom stereocenters. The van der Waals surface area contributed by atoms with E-state index in [2.05, 4.69) is 15.6 Å². The van der Waals surface area contributed by atoms with E-state index < -0.39 is 5.91 Å². The molecule has 0 spiro atoms. The Hall–Kier alpha value is -2.76. The van der Waals surface area contributed by atoms with Crippen molar-refractivity contribution in [1.29, 1.82) is 0 Å². The number of pyridine rings is 1. The Morgan fingerprint density at radius 1 is 1.35 bits per heavy atom. The van der Waals surface area contributed by atoms with Crippen LogP contribution in [0, 0.1) is 0 Å². The Morgan fingerprint density at radius 3 is 2.75 bits per heavy atom. The van der Waals surface area contributed by atoms with E-state index in [9.17, 15) is 14.4 Å². The number of amides is 2. The lowest BCUT2D eigenvalue weighted by molar-refractivity contribution is -0.116. The molecule has 0 saturated carbocycles. The predicted molar refractivity (Wildman–Crippen MR) is 73.9 cm³/mol. The van der Waals surface area contributed by atoms with Gasteiger partial charge in [0.15, 0.2) is 0 Å². The average Bonchev–Trinajstić information content (AvgIpc) is 2.45. The summed E-state index contributed by atoms with van der Waals surface area (Å²) in [5.74, 6) is -0.895. The van der Waals surface area contributed by atoms with Crippen LogP contribution in [0.2, 0.25) is 0 Å². The predicted octanol–water partition coefficient (Wildman–Crippen LogP) is 0.341. The third kappa shape index (κ3) is 5.26. The van der Waals surface area contributed by atoms with E-state index in [-0.39, 0.29) is 18.1 Å². The molecule has 6 nitrogen and oxygen atoms in total. The highest BCUT2D eigenvalue weighted by Crippen LogP contribution is 2.07. The molecule has 2 amide bonds. The van der Waals surface area contributed by atoms with Crippen molar-refractivity contribution < 1.29 is 14.4 Å². The highest BCUT2D eigenvalue weighted by Gasteiger charge is 2.08. The van der Waals surface area contributed by atoms with Crippen LogP contribution >= 0.6 is 0 Å². The van der Waals surface area contributed by atoms with E-state index in [0.717, 1.165) is 0 Å². The van der Waals surface area contributed by atoms with Gasteiger partial charge in [-0.15, -0.1) is 0 Å². The number of nitrogens with one attached hydrogen (secondary N) is 2. The molecule has 1 rings (SSSR count). The Bertz CT molecular complexity index is 536. The number of nitrogens with zero attached hydrogens (tertiary/aromatic N) is 1. The van der Waals surface area contributed by atoms with Gasteiger partial charge in [-0.3, -0.25) is 19.4 Å². The van der Waals surface area contributed by atoms with Crippen LogP contribution < -0.4 is 10.6 Å². The van der Waals surface area contributed by atoms with Gasteiger partial charge >= 0.3 is 0 Å². The fraction of sp³-hybridized carbons (Fsp3) is 0.143. The zero-order chi connectivity index (χ0) is 14.8. The molecule has 0 aliphatic carbocycles. The number of carbonyl (C=O) groups is 2. The van der Waals surface area contributed by atoms with Crippen molar-refractivity contribution in [2.24, 2.45) is 0 Å². The molecule has 0 unspecified atom stereocenters. The summed E-state index contributed by atoms with van der Waals surface area (Å²) in [6.07, 6.45) is 7.16. The first-order valence-corrected chi connectivity index (χ1v) is 5.87. The van der Waals surface area contributed by atoms with Crippen LogP contribution in [0.25, 0.3) is 5.70 Å². The van der Waals surface area contributed by atoms with Crippen molar-refractivity contribution in [3.8, 4) is 0 Å². The van der Waals surface area contributed by atoms with Crippen molar-refractivity contribution in [1.82, 2.24) is 15.6 Å². The van der Waals surface area contributed by atoms with Gasteiger partial charge in [-0.25, -0.2) is 0 Å². The average molecular weight is 272 g/mol. The van der Waals surface area contributed by atoms with Gasteiger partial charge in [0, 0.05) is 12.3 Å². The normalized spacial score (nSPS) is 11.2. The molecule has 0 aromatic carbocycles. The molecule has 0 aliphatic heterocycles. The maximum Gasteiger partial charge on any atom is 0.248 e. The van der Waals surface area contributed by atoms with E-state index in [1.54, 1.807) is 43.7 Å². The summed E-state index contributed by atoms with van der Waals surface area (Å²) < 4.78 is 0. The summed E-state index contributed by atoms with van der Waals surface area (Å²) in [5.41, 5.74) is 0.688. The van der Waals surface area contributed by atoms with Crippen molar-refractivity contribution in [3.05, 3.63) is 48.3 Å². The van der Waals surface area contributed by atoms with Gasteiger partial charge in [-0.05, 0) is 25.1 Å². The van der Waals surface area contributed by atoms with Gasteiger partial charge in [0.25, 0.3) is 0 Å². The number of allylic oxidation sites excluding steroid dienone is 1. The molecule has 1 aromatic rings. The third-order valence-corrected chi connectivity index (χ3v) is 2.13. The molecule has 0 fully saturated rings. The number of rotatable bonds is 6. The number of hydrogen-bond donors (Lipinski definition) is 2. The zero-order valence-electron chi connectivity index (χ0n) is 10.9. The van der Waals surface area contributed by atoms with Crippen LogP contribution in [0.15, 0.2) is 42.6 Å². The Balaban J connectivity index is 2.95. The van der Waals surface area contributed by atoms with Crippen molar-refractivity contribution in [2.45, 2.75) is 6.92 Å². The number of hydrogen-bond acceptors (Lipinski definition) is 4. The second kappa shape index (κ2) is 8.36. The largest absolute Gasteiger partial charge is 0.345 e. The summed E-state index contributed by atoms with van der Waals surface area (Å²) in [5, 5.41) is 4.86. The lowest BCUT2D eigenvalue weighted by Gasteiger charge is -2.07. The Labute approximate surface area is 116 Å². The van der Waals surface area contributed by atoms with Crippen molar-refractivity contribution in [3.63, 3.8) is 0 Å². The second-order valence-electron chi connectivity index (χ2n) is 3.62. The lowest BCUT2D eigenvalue weighted by atomic mass is 10.2. The standard InChI is InChI=1S/C14H14N3O3/c1-2-5-13(19)17-12(10-14(20)16-8-9-18)11-6-3-4-7-15-11/h2-7,10H,8H2,1H3,(H,16,20)(H,17,19)/b5-2+,12-10?. The quantitative estimate of drug-likeness (QED) is 0.731. The first-order valence-electron chi connectivity index (χ1n) is 5.87. The SMILES string of the molecule is C/C=C/C(=O)NC(=CC(=O)NC[C]=O)c1ccccn1. The minimum Gasteiger partial charge on any atom is -0.345 e. The van der Waals surface area contributed by atoms with E-state index >= 15 is 0 Å². The molecular weight excluding hydrogens is 258 g/mol. The van der Waals surface area contributed by atoms with Crippen LogP contribution in [-0.4, -0.2) is 29.6 Å². The first-order chi connectivity index (χ1) is 9.67. The van der Waals surface area contributed by atoms with Crippen molar-refractivity contribution >= 4 is 23.8 Å². The molecule has 2 N–H and O–H groups in total. The molecule has 1 aromatic heterocycles. The van der Waals surface area contributed by atoms with Gasteiger partial charge in [0.2, 0.25) is 18.1 Å². The zero-order valence-corrected chi connectivity index (χ0v) is 10.9. The fourth-order valence-corrected chi connectivity index (χ4v) is 1.33. The topological polar surface area (TPSA) is 88.2 Å². The first kappa shape index (κ1) is 15.3. The fourth-order valence-electron chi connectivity index (χ4n) is 1.33. The van der Waals surface area contributed by atoms with Gasteiger partial charge < -0.3 is 10.6 Å². The second-order valence-corrected chi connectivity index (χ2v) is 3.62. The minimum absolute atomic E-state index is 0.215. The van der Waals surface area contributed by atoms with Crippen molar-refractivity contribution in [2.75, 3.05) is 6.54 Å². The summed E-state index contributed by atoms with van der Waals surface area (Å²) >= 11 is 0. The van der Waals surface area contributed by atoms with Gasteiger partial charge in [-0.2, -0.15) is 0 Å². The van der Waals surface area contributed by atoms with E-state index in [0.29, 0.717) is 5.69 Å². The molecule has 0 bridgehead atoms. The van der Waals surface area contributed by atoms with Gasteiger partial charge in [0.1, 0.15) is 0 Å². The van der Waals surface area contributed by atoms with Crippen LogP contribution in [0.4, 0.5) is 0 Å². The van der Waals surface area contributed by atoms with Crippen LogP contribution in [0.1, 0.15) is 12.6 Å². The molecule has 0 saturated heterocycles. The monoisotopic (exact) mass is 272 g/mol. The Morgan fingerprint density at radius 2 is 2.15 bits per heavy atom. The molecule has 1 radical (unpaired) electrons. The highest BCUT2D eigenvalue weighted by molar-refractivity contribution is 6.00. The van der Waals surface area contributed by atoms with Crippen LogP contribution in [0.5, 0.6) is 0 Å². The molecule has 20 heavy (non-hydrogen) atoms. The lowest BCUT2D eigenvalue weighted by Crippen LogP contribution is -2.26. The van der Waals surface area contributed by atoms with E-state index in [4.69, 9.17) is 0 Å². The molecular formula is C14H14N3O3. The third-order valence-electron chi connectivity index (χ3n) is 2.13. The molecule has 103 valence electrons. The van der Waals surface area contributed by atoms with Crippen LogP contribution in [-0.2, 0) is 14.4 Å². The highest BCUT2D eigenvalue weighted by atomic mass is 16.2.